The fourth-order valence-electron chi connectivity index (χ4n) is 3.00. The summed E-state index contributed by atoms with van der Waals surface area (Å²) in [6, 6.07) is 8.94. The van der Waals surface area contributed by atoms with Crippen molar-refractivity contribution in [2.24, 2.45) is 5.41 Å². The molecule has 1 fully saturated rings. The molecule has 20 heavy (non-hydrogen) atoms. The molecule has 0 amide bonds. The minimum absolute atomic E-state index is 0.536. The first-order valence-corrected chi connectivity index (χ1v) is 7.98. The van der Waals surface area contributed by atoms with Crippen LogP contribution in [0.25, 0.3) is 0 Å². The van der Waals surface area contributed by atoms with Crippen molar-refractivity contribution in [2.75, 3.05) is 13.2 Å². The highest BCUT2D eigenvalue weighted by molar-refractivity contribution is 5.27. The summed E-state index contributed by atoms with van der Waals surface area (Å²) in [4.78, 5) is 0. The molecule has 1 atom stereocenters. The van der Waals surface area contributed by atoms with Crippen LogP contribution in [0.4, 0.5) is 0 Å². The van der Waals surface area contributed by atoms with E-state index in [0.29, 0.717) is 11.5 Å². The third kappa shape index (κ3) is 5.16. The van der Waals surface area contributed by atoms with Gasteiger partial charge in [-0.15, -0.1) is 0 Å². The van der Waals surface area contributed by atoms with E-state index in [4.69, 9.17) is 4.74 Å². The van der Waals surface area contributed by atoms with Crippen molar-refractivity contribution in [2.45, 2.75) is 58.9 Å². The fraction of sp³-hybridized carbons (Fsp3) is 0.667. The van der Waals surface area contributed by atoms with Gasteiger partial charge < -0.3 is 10.1 Å². The van der Waals surface area contributed by atoms with Gasteiger partial charge in [-0.25, -0.2) is 0 Å². The fourth-order valence-corrected chi connectivity index (χ4v) is 3.00. The summed E-state index contributed by atoms with van der Waals surface area (Å²) < 4.78 is 5.79. The SMILES string of the molecule is Cc1cccc(OCCNC2CCCC(C)(C)CC2)c1. The highest BCUT2D eigenvalue weighted by Gasteiger charge is 2.23. The number of rotatable bonds is 5. The molecule has 2 heteroatoms. The first-order valence-electron chi connectivity index (χ1n) is 7.98. The molecule has 0 heterocycles. The normalized spacial score (nSPS) is 22.2. The summed E-state index contributed by atoms with van der Waals surface area (Å²) in [5, 5.41) is 3.66. The van der Waals surface area contributed by atoms with Crippen molar-refractivity contribution in [3.8, 4) is 5.75 Å². The second-order valence-corrected chi connectivity index (χ2v) is 6.91. The molecule has 0 aromatic heterocycles. The van der Waals surface area contributed by atoms with Crippen LogP contribution in [0.1, 0.15) is 51.5 Å². The smallest absolute Gasteiger partial charge is 0.119 e. The number of ether oxygens (including phenoxy) is 1. The molecule has 1 unspecified atom stereocenters. The number of benzene rings is 1. The Morgan fingerprint density at radius 3 is 2.90 bits per heavy atom. The summed E-state index contributed by atoms with van der Waals surface area (Å²) in [5.74, 6) is 0.980. The Morgan fingerprint density at radius 1 is 1.25 bits per heavy atom. The maximum atomic E-state index is 5.79. The van der Waals surface area contributed by atoms with Gasteiger partial charge in [0.1, 0.15) is 12.4 Å². The molecule has 112 valence electrons. The Labute approximate surface area is 123 Å². The summed E-state index contributed by atoms with van der Waals surface area (Å²) in [6.07, 6.45) is 6.67. The van der Waals surface area contributed by atoms with E-state index in [1.54, 1.807) is 0 Å². The first kappa shape index (κ1) is 15.4. The van der Waals surface area contributed by atoms with Crippen LogP contribution in [0, 0.1) is 12.3 Å². The van der Waals surface area contributed by atoms with E-state index in [9.17, 15) is 0 Å². The quantitative estimate of drug-likeness (QED) is 0.638. The zero-order valence-corrected chi connectivity index (χ0v) is 13.2. The second-order valence-electron chi connectivity index (χ2n) is 6.91. The zero-order chi connectivity index (χ0) is 14.4. The number of hydrogen-bond donors (Lipinski definition) is 1. The van der Waals surface area contributed by atoms with E-state index in [1.165, 1.54) is 37.7 Å². The van der Waals surface area contributed by atoms with E-state index in [0.717, 1.165) is 18.9 Å². The van der Waals surface area contributed by atoms with Gasteiger partial charge in [0.2, 0.25) is 0 Å². The summed E-state index contributed by atoms with van der Waals surface area (Å²) in [6.45, 7) is 8.59. The predicted octanol–water partition coefficient (Wildman–Crippen LogP) is 4.32. The number of nitrogens with one attached hydrogen (secondary N) is 1. The molecule has 0 spiro atoms. The minimum Gasteiger partial charge on any atom is -0.492 e. The van der Waals surface area contributed by atoms with Crippen LogP contribution in [-0.2, 0) is 0 Å². The van der Waals surface area contributed by atoms with Crippen LogP contribution < -0.4 is 10.1 Å². The zero-order valence-electron chi connectivity index (χ0n) is 13.2. The van der Waals surface area contributed by atoms with Gasteiger partial charge in [-0.2, -0.15) is 0 Å². The van der Waals surface area contributed by atoms with Crippen LogP contribution in [0.3, 0.4) is 0 Å². The van der Waals surface area contributed by atoms with Crippen molar-refractivity contribution >= 4 is 0 Å². The van der Waals surface area contributed by atoms with Gasteiger partial charge in [0.15, 0.2) is 0 Å². The second kappa shape index (κ2) is 7.12. The molecule has 1 aromatic rings. The van der Waals surface area contributed by atoms with Crippen molar-refractivity contribution in [1.29, 1.82) is 0 Å². The molecule has 0 radical (unpaired) electrons. The van der Waals surface area contributed by atoms with Crippen LogP contribution >= 0.6 is 0 Å². The number of hydrogen-bond acceptors (Lipinski definition) is 2. The molecular formula is C18H29NO. The lowest BCUT2D eigenvalue weighted by Gasteiger charge is -2.22. The molecule has 0 bridgehead atoms. The third-order valence-corrected chi connectivity index (χ3v) is 4.37. The largest absolute Gasteiger partial charge is 0.492 e. The number of aryl methyl sites for hydroxylation is 1. The lowest BCUT2D eigenvalue weighted by atomic mass is 9.85. The van der Waals surface area contributed by atoms with Gasteiger partial charge in [-0.05, 0) is 55.7 Å². The summed E-state index contributed by atoms with van der Waals surface area (Å²) in [5.41, 5.74) is 1.79. The van der Waals surface area contributed by atoms with E-state index in [1.807, 2.05) is 12.1 Å². The molecule has 1 aromatic carbocycles. The highest BCUT2D eigenvalue weighted by Crippen LogP contribution is 2.33. The predicted molar refractivity (Wildman–Crippen MR) is 85.3 cm³/mol. The Kier molecular flexibility index (Phi) is 5.47. The topological polar surface area (TPSA) is 21.3 Å². The molecule has 1 aliphatic rings. The average molecular weight is 275 g/mol. The van der Waals surface area contributed by atoms with Crippen LogP contribution in [0.5, 0.6) is 5.75 Å². The standard InChI is InChI=1S/C18H29NO/c1-15-6-4-8-17(14-15)20-13-12-19-16-7-5-10-18(2,3)11-9-16/h4,6,8,14,16,19H,5,7,9-13H2,1-3H3. The maximum absolute atomic E-state index is 5.79. The summed E-state index contributed by atoms with van der Waals surface area (Å²) in [7, 11) is 0. The van der Waals surface area contributed by atoms with Gasteiger partial charge >= 0.3 is 0 Å². The molecule has 0 saturated heterocycles. The van der Waals surface area contributed by atoms with Gasteiger partial charge in [-0.1, -0.05) is 32.4 Å². The van der Waals surface area contributed by atoms with E-state index < -0.39 is 0 Å². The highest BCUT2D eigenvalue weighted by atomic mass is 16.5. The Bertz CT molecular complexity index is 414. The Hall–Kier alpha value is -1.02. The monoisotopic (exact) mass is 275 g/mol. The minimum atomic E-state index is 0.536. The Balaban J connectivity index is 1.66. The average Bonchev–Trinajstić information content (AvgIpc) is 2.56. The van der Waals surface area contributed by atoms with E-state index in [-0.39, 0.29) is 0 Å². The van der Waals surface area contributed by atoms with Gasteiger partial charge in [0.25, 0.3) is 0 Å². The molecule has 1 aliphatic carbocycles. The molecule has 1 saturated carbocycles. The molecule has 2 nitrogen and oxygen atoms in total. The van der Waals surface area contributed by atoms with Gasteiger partial charge in [-0.3, -0.25) is 0 Å². The van der Waals surface area contributed by atoms with Crippen LogP contribution in [0.15, 0.2) is 24.3 Å². The van der Waals surface area contributed by atoms with Crippen molar-refractivity contribution in [3.05, 3.63) is 29.8 Å². The van der Waals surface area contributed by atoms with E-state index >= 15 is 0 Å². The van der Waals surface area contributed by atoms with Crippen molar-refractivity contribution in [3.63, 3.8) is 0 Å². The molecular weight excluding hydrogens is 246 g/mol. The molecule has 1 N–H and O–H groups in total. The van der Waals surface area contributed by atoms with E-state index in [2.05, 4.69) is 38.2 Å². The lowest BCUT2D eigenvalue weighted by molar-refractivity contribution is 0.292. The molecule has 2 rings (SSSR count). The van der Waals surface area contributed by atoms with Gasteiger partial charge in [0.05, 0.1) is 0 Å². The maximum Gasteiger partial charge on any atom is 0.119 e. The van der Waals surface area contributed by atoms with Crippen LogP contribution in [-0.4, -0.2) is 19.2 Å². The van der Waals surface area contributed by atoms with Gasteiger partial charge in [0, 0.05) is 12.6 Å². The first-order chi connectivity index (χ1) is 9.55. The lowest BCUT2D eigenvalue weighted by Crippen LogP contribution is -2.32. The third-order valence-electron chi connectivity index (χ3n) is 4.37. The molecule has 0 aliphatic heterocycles. The van der Waals surface area contributed by atoms with Crippen molar-refractivity contribution < 1.29 is 4.74 Å². The van der Waals surface area contributed by atoms with Crippen molar-refractivity contribution in [1.82, 2.24) is 5.32 Å². The Morgan fingerprint density at radius 2 is 2.10 bits per heavy atom. The van der Waals surface area contributed by atoms with Crippen LogP contribution in [0.2, 0.25) is 0 Å². The summed E-state index contributed by atoms with van der Waals surface area (Å²) >= 11 is 0.